The van der Waals surface area contributed by atoms with Gasteiger partial charge in [-0.2, -0.15) is 0 Å². The molecule has 0 spiro atoms. The zero-order chi connectivity index (χ0) is 16.9. The molecular formula is C19H18O3S2. The second-order valence-electron chi connectivity index (χ2n) is 5.39. The Kier molecular flexibility index (Phi) is 5.63. The van der Waals surface area contributed by atoms with Crippen molar-refractivity contribution in [2.45, 2.75) is 17.9 Å². The van der Waals surface area contributed by atoms with Crippen LogP contribution in [0.15, 0.2) is 48.5 Å². The van der Waals surface area contributed by atoms with E-state index in [0.717, 1.165) is 0 Å². The van der Waals surface area contributed by atoms with Gasteiger partial charge in [-0.15, -0.1) is 23.5 Å². The van der Waals surface area contributed by atoms with Gasteiger partial charge in [0.1, 0.15) is 5.75 Å². The number of ketones is 1. The average molecular weight is 358 g/mol. The molecule has 2 aromatic rings. The highest BCUT2D eigenvalue weighted by Crippen LogP contribution is 2.45. The lowest BCUT2D eigenvalue weighted by Crippen LogP contribution is -2.08. The summed E-state index contributed by atoms with van der Waals surface area (Å²) in [6.07, 6.45) is 0.461. The average Bonchev–Trinajstić information content (AvgIpc) is 3.16. The van der Waals surface area contributed by atoms with E-state index in [-0.39, 0.29) is 11.8 Å². The fourth-order valence-corrected chi connectivity index (χ4v) is 5.27. The molecule has 1 fully saturated rings. The molecule has 3 nitrogen and oxygen atoms in total. The molecule has 3 rings (SSSR count). The number of benzene rings is 2. The van der Waals surface area contributed by atoms with Gasteiger partial charge >= 0.3 is 5.97 Å². The van der Waals surface area contributed by atoms with Crippen LogP contribution >= 0.6 is 23.5 Å². The first-order valence-corrected chi connectivity index (χ1v) is 9.95. The molecule has 124 valence electrons. The summed E-state index contributed by atoms with van der Waals surface area (Å²) in [5.74, 6) is 2.48. The van der Waals surface area contributed by atoms with E-state index in [9.17, 15) is 9.59 Å². The van der Waals surface area contributed by atoms with Crippen LogP contribution in [-0.4, -0.2) is 23.3 Å². The third kappa shape index (κ3) is 4.02. The van der Waals surface area contributed by atoms with E-state index in [0.29, 0.717) is 27.9 Å². The summed E-state index contributed by atoms with van der Waals surface area (Å²) in [5.41, 5.74) is 2.40. The zero-order valence-corrected chi connectivity index (χ0v) is 15.0. The summed E-state index contributed by atoms with van der Waals surface area (Å²) in [5, 5.41) is 0. The molecular weight excluding hydrogens is 340 g/mol. The van der Waals surface area contributed by atoms with Crippen molar-refractivity contribution >= 4 is 35.3 Å². The molecule has 24 heavy (non-hydrogen) atoms. The third-order valence-electron chi connectivity index (χ3n) is 3.75. The van der Waals surface area contributed by atoms with Crippen LogP contribution in [-0.2, 0) is 0 Å². The number of hydrogen-bond donors (Lipinski definition) is 0. The smallest absolute Gasteiger partial charge is 0.343 e. The van der Waals surface area contributed by atoms with Gasteiger partial charge in [0.05, 0.1) is 10.1 Å². The van der Waals surface area contributed by atoms with Gasteiger partial charge in [0, 0.05) is 23.5 Å². The molecule has 0 atom stereocenters. The van der Waals surface area contributed by atoms with Gasteiger partial charge in [0.2, 0.25) is 0 Å². The van der Waals surface area contributed by atoms with E-state index in [1.165, 1.54) is 17.1 Å². The molecule has 0 saturated carbocycles. The Hall–Kier alpha value is -1.72. The van der Waals surface area contributed by atoms with E-state index < -0.39 is 0 Å². The number of esters is 1. The molecule has 0 aromatic heterocycles. The first kappa shape index (κ1) is 17.1. The van der Waals surface area contributed by atoms with Crippen molar-refractivity contribution in [1.82, 2.24) is 0 Å². The van der Waals surface area contributed by atoms with Crippen molar-refractivity contribution in [2.24, 2.45) is 0 Å². The predicted octanol–water partition coefficient (Wildman–Crippen LogP) is 4.98. The van der Waals surface area contributed by atoms with E-state index in [2.05, 4.69) is 0 Å². The van der Waals surface area contributed by atoms with Crippen LogP contribution in [0.4, 0.5) is 0 Å². The minimum Gasteiger partial charge on any atom is -0.423 e. The van der Waals surface area contributed by atoms with Gasteiger partial charge in [-0.3, -0.25) is 4.79 Å². The molecule has 1 aliphatic heterocycles. The van der Waals surface area contributed by atoms with Crippen LogP contribution < -0.4 is 4.74 Å². The first-order chi connectivity index (χ1) is 11.7. The van der Waals surface area contributed by atoms with Crippen LogP contribution in [0.3, 0.4) is 0 Å². The van der Waals surface area contributed by atoms with Crippen molar-refractivity contribution in [3.63, 3.8) is 0 Å². The molecule has 0 radical (unpaired) electrons. The second kappa shape index (κ2) is 7.90. The maximum atomic E-state index is 12.2. The highest BCUT2D eigenvalue weighted by molar-refractivity contribution is 8.19. The lowest BCUT2D eigenvalue weighted by atomic mass is 10.1. The van der Waals surface area contributed by atoms with E-state index in [1.54, 1.807) is 24.3 Å². The van der Waals surface area contributed by atoms with E-state index in [4.69, 9.17) is 4.74 Å². The number of Topliss-reactive ketones (excluding diaryl/α,β-unsaturated/α-hetero) is 1. The number of rotatable bonds is 5. The third-order valence-corrected chi connectivity index (χ3v) is 6.85. The molecule has 0 amide bonds. The second-order valence-corrected chi connectivity index (χ2v) is 8.11. The van der Waals surface area contributed by atoms with Crippen molar-refractivity contribution in [3.05, 3.63) is 65.2 Å². The molecule has 1 saturated heterocycles. The molecule has 0 unspecified atom stereocenters. The van der Waals surface area contributed by atoms with Gasteiger partial charge in [-0.05, 0) is 42.0 Å². The Labute approximate surface area is 150 Å². The maximum absolute atomic E-state index is 12.2. The molecule has 2 aromatic carbocycles. The number of carbonyl (C=O) groups excluding carboxylic acids is 2. The first-order valence-electron chi connectivity index (χ1n) is 7.86. The summed E-state index contributed by atoms with van der Waals surface area (Å²) in [7, 11) is 0. The van der Waals surface area contributed by atoms with Crippen LogP contribution in [0.25, 0.3) is 0 Å². The maximum Gasteiger partial charge on any atom is 0.343 e. The van der Waals surface area contributed by atoms with Crippen molar-refractivity contribution in [1.29, 1.82) is 0 Å². The zero-order valence-electron chi connectivity index (χ0n) is 13.4. The van der Waals surface area contributed by atoms with Crippen molar-refractivity contribution in [3.8, 4) is 5.75 Å². The lowest BCUT2D eigenvalue weighted by molar-refractivity contribution is 0.0734. The summed E-state index contributed by atoms with van der Waals surface area (Å²) in [6.45, 7) is 1.82. The number of ether oxygens (including phenoxy) is 1. The van der Waals surface area contributed by atoms with Gasteiger partial charge in [0.15, 0.2) is 5.78 Å². The van der Waals surface area contributed by atoms with Crippen LogP contribution in [0.5, 0.6) is 5.75 Å². The highest BCUT2D eigenvalue weighted by Gasteiger charge is 2.18. The number of thioether (sulfide) groups is 2. The van der Waals surface area contributed by atoms with E-state index in [1.807, 2.05) is 54.7 Å². The Balaban J connectivity index is 1.65. The largest absolute Gasteiger partial charge is 0.423 e. The quantitative estimate of drug-likeness (QED) is 0.428. The fraction of sp³-hybridized carbons (Fsp3) is 0.263. The minimum absolute atomic E-state index is 0.0751. The van der Waals surface area contributed by atoms with Gasteiger partial charge in [-0.25, -0.2) is 4.79 Å². The van der Waals surface area contributed by atoms with Gasteiger partial charge in [0.25, 0.3) is 0 Å². The molecule has 1 heterocycles. The lowest BCUT2D eigenvalue weighted by Gasteiger charge is -2.09. The molecule has 0 bridgehead atoms. The summed E-state index contributed by atoms with van der Waals surface area (Å²) in [6, 6.07) is 14.3. The molecule has 0 aliphatic carbocycles. The van der Waals surface area contributed by atoms with Crippen LogP contribution in [0.1, 0.15) is 44.2 Å². The SMILES string of the molecule is CCC(=O)c1ccc(OC(=O)c2ccc(C3SCCS3)cc2)cc1. The Morgan fingerprint density at radius 3 is 2.12 bits per heavy atom. The molecule has 1 aliphatic rings. The Bertz CT molecular complexity index is 717. The van der Waals surface area contributed by atoms with E-state index >= 15 is 0 Å². The normalized spacial score (nSPS) is 14.5. The van der Waals surface area contributed by atoms with Crippen LogP contribution in [0.2, 0.25) is 0 Å². The minimum atomic E-state index is -0.386. The van der Waals surface area contributed by atoms with Crippen LogP contribution in [0, 0.1) is 0 Å². The predicted molar refractivity (Wildman–Crippen MR) is 100 cm³/mol. The Morgan fingerprint density at radius 1 is 0.958 bits per heavy atom. The Morgan fingerprint density at radius 2 is 1.54 bits per heavy atom. The van der Waals surface area contributed by atoms with Crippen molar-refractivity contribution < 1.29 is 14.3 Å². The number of hydrogen-bond acceptors (Lipinski definition) is 5. The van der Waals surface area contributed by atoms with Crippen molar-refractivity contribution in [2.75, 3.05) is 11.5 Å². The summed E-state index contributed by atoms with van der Waals surface area (Å²) < 4.78 is 5.84. The highest BCUT2D eigenvalue weighted by atomic mass is 32.2. The fourth-order valence-electron chi connectivity index (χ4n) is 2.41. The van der Waals surface area contributed by atoms with Gasteiger partial charge < -0.3 is 4.74 Å². The molecule has 0 N–H and O–H groups in total. The topological polar surface area (TPSA) is 43.4 Å². The standard InChI is InChI=1S/C19H18O3S2/c1-2-17(20)13-7-9-16(10-8-13)22-18(21)14-3-5-15(6-4-14)19-23-11-12-24-19/h3-10,19H,2,11-12H2,1H3. The molecule has 5 heteroatoms. The number of carbonyl (C=O) groups is 2. The summed E-state index contributed by atoms with van der Waals surface area (Å²) >= 11 is 3.87. The monoisotopic (exact) mass is 358 g/mol. The summed E-state index contributed by atoms with van der Waals surface area (Å²) in [4.78, 5) is 23.8. The van der Waals surface area contributed by atoms with Gasteiger partial charge in [-0.1, -0.05) is 19.1 Å².